The minimum absolute atomic E-state index is 0.0727. The highest BCUT2D eigenvalue weighted by molar-refractivity contribution is 6.31. The van der Waals surface area contributed by atoms with E-state index in [1.807, 2.05) is 4.68 Å². The highest BCUT2D eigenvalue weighted by atomic mass is 35.5. The van der Waals surface area contributed by atoms with Crippen molar-refractivity contribution in [1.29, 1.82) is 0 Å². The molecule has 4 heteroatoms. The van der Waals surface area contributed by atoms with E-state index >= 15 is 0 Å². The minimum atomic E-state index is 0.0727. The van der Waals surface area contributed by atoms with Gasteiger partial charge in [0.05, 0.1) is 23.0 Å². The van der Waals surface area contributed by atoms with Crippen molar-refractivity contribution < 1.29 is 0 Å². The van der Waals surface area contributed by atoms with E-state index in [0.29, 0.717) is 0 Å². The highest BCUT2D eigenvalue weighted by Crippen LogP contribution is 2.32. The molecule has 114 valence electrons. The summed E-state index contributed by atoms with van der Waals surface area (Å²) >= 11 is 6.44. The first-order valence-corrected chi connectivity index (χ1v) is 8.02. The second-order valence-electron chi connectivity index (χ2n) is 5.46. The molecule has 0 saturated carbocycles. The fourth-order valence-electron chi connectivity index (χ4n) is 2.73. The van der Waals surface area contributed by atoms with Crippen LogP contribution in [0, 0.1) is 0 Å². The fourth-order valence-corrected chi connectivity index (χ4v) is 2.97. The molecule has 0 saturated heterocycles. The van der Waals surface area contributed by atoms with Crippen LogP contribution in [0.25, 0.3) is 0 Å². The average Bonchev–Trinajstić information content (AvgIpc) is 2.86. The molecule has 1 N–H and O–H groups in total. The van der Waals surface area contributed by atoms with Gasteiger partial charge in [-0.15, -0.1) is 0 Å². The van der Waals surface area contributed by atoms with Gasteiger partial charge < -0.3 is 5.32 Å². The van der Waals surface area contributed by atoms with Crippen molar-refractivity contribution in [3.05, 3.63) is 52.3 Å². The number of aryl methyl sites for hydroxylation is 1. The number of rotatable bonds is 6. The van der Waals surface area contributed by atoms with E-state index in [1.54, 1.807) is 6.20 Å². The third-order valence-electron chi connectivity index (χ3n) is 3.70. The summed E-state index contributed by atoms with van der Waals surface area (Å²) in [5.74, 6) is 0. The Morgan fingerprint density at radius 2 is 1.95 bits per heavy atom. The van der Waals surface area contributed by atoms with Crippen LogP contribution in [0.1, 0.15) is 56.6 Å². The maximum atomic E-state index is 6.44. The lowest BCUT2D eigenvalue weighted by molar-refractivity contribution is 0.475. The summed E-state index contributed by atoms with van der Waals surface area (Å²) in [7, 11) is 0. The number of nitrogens with zero attached hydrogens (tertiary/aromatic N) is 2. The number of halogens is 1. The Balaban J connectivity index is 2.56. The lowest BCUT2D eigenvalue weighted by Gasteiger charge is -2.24. The molecule has 0 bridgehead atoms. The molecular weight excluding hydrogens is 282 g/mol. The van der Waals surface area contributed by atoms with Crippen molar-refractivity contribution in [2.24, 2.45) is 0 Å². The first-order valence-electron chi connectivity index (χ1n) is 7.64. The summed E-state index contributed by atoms with van der Waals surface area (Å²) in [6.07, 6.45) is 2.75. The topological polar surface area (TPSA) is 29.9 Å². The third-order valence-corrected chi connectivity index (χ3v) is 4.00. The summed E-state index contributed by atoms with van der Waals surface area (Å²) in [6.45, 7) is 9.43. The van der Waals surface area contributed by atoms with E-state index < -0.39 is 0 Å². The summed E-state index contributed by atoms with van der Waals surface area (Å²) in [4.78, 5) is 0. The molecule has 3 nitrogen and oxygen atoms in total. The van der Waals surface area contributed by atoms with Gasteiger partial charge >= 0.3 is 0 Å². The van der Waals surface area contributed by atoms with Crippen molar-refractivity contribution in [2.75, 3.05) is 6.54 Å². The van der Waals surface area contributed by atoms with E-state index in [2.05, 4.69) is 62.4 Å². The van der Waals surface area contributed by atoms with Gasteiger partial charge in [0.1, 0.15) is 0 Å². The van der Waals surface area contributed by atoms with Gasteiger partial charge in [0.25, 0.3) is 0 Å². The number of nitrogens with one attached hydrogen (secondary N) is 1. The van der Waals surface area contributed by atoms with Crippen LogP contribution in [-0.4, -0.2) is 16.3 Å². The molecule has 0 aliphatic heterocycles. The molecule has 21 heavy (non-hydrogen) atoms. The van der Waals surface area contributed by atoms with E-state index in [-0.39, 0.29) is 12.1 Å². The lowest BCUT2D eigenvalue weighted by atomic mass is 9.96. The first kappa shape index (κ1) is 16.1. The van der Waals surface area contributed by atoms with Crippen molar-refractivity contribution in [1.82, 2.24) is 15.1 Å². The SMILES string of the molecule is CCNC(c1ccccc1CC)c1c(Cl)cnn1C(C)C. The Labute approximate surface area is 132 Å². The monoisotopic (exact) mass is 305 g/mol. The summed E-state index contributed by atoms with van der Waals surface area (Å²) in [5, 5.41) is 8.73. The molecule has 1 aromatic heterocycles. The van der Waals surface area contributed by atoms with Crippen LogP contribution in [0.4, 0.5) is 0 Å². The molecule has 0 radical (unpaired) electrons. The molecule has 0 amide bonds. The number of benzene rings is 1. The highest BCUT2D eigenvalue weighted by Gasteiger charge is 2.24. The molecule has 1 unspecified atom stereocenters. The normalized spacial score (nSPS) is 12.9. The van der Waals surface area contributed by atoms with Crippen molar-refractivity contribution in [2.45, 2.75) is 46.2 Å². The van der Waals surface area contributed by atoms with Gasteiger partial charge in [-0.05, 0) is 37.9 Å². The quantitative estimate of drug-likeness (QED) is 0.858. The third kappa shape index (κ3) is 3.30. The van der Waals surface area contributed by atoms with E-state index in [1.165, 1.54) is 11.1 Å². The maximum absolute atomic E-state index is 6.44. The molecule has 2 aromatic rings. The van der Waals surface area contributed by atoms with Gasteiger partial charge in [-0.1, -0.05) is 49.7 Å². The Hall–Kier alpha value is -1.32. The molecule has 0 spiro atoms. The van der Waals surface area contributed by atoms with Gasteiger partial charge in [0.15, 0.2) is 0 Å². The minimum Gasteiger partial charge on any atom is -0.305 e. The number of aromatic nitrogens is 2. The van der Waals surface area contributed by atoms with Gasteiger partial charge in [0, 0.05) is 6.04 Å². The van der Waals surface area contributed by atoms with Crippen LogP contribution in [0.2, 0.25) is 5.02 Å². The maximum Gasteiger partial charge on any atom is 0.0837 e. The van der Waals surface area contributed by atoms with E-state index in [4.69, 9.17) is 11.6 Å². The summed E-state index contributed by atoms with van der Waals surface area (Å²) < 4.78 is 2.02. The molecule has 1 heterocycles. The molecule has 1 atom stereocenters. The zero-order valence-electron chi connectivity index (χ0n) is 13.2. The van der Waals surface area contributed by atoms with Crippen LogP contribution >= 0.6 is 11.6 Å². The standard InChI is InChI=1S/C17H24ClN3/c1-5-13-9-7-8-10-14(13)16(19-6-2)17-15(18)11-20-21(17)12(3)4/h7-12,16,19H,5-6H2,1-4H3. The van der Waals surface area contributed by atoms with Crippen molar-refractivity contribution in [3.8, 4) is 0 Å². The zero-order valence-corrected chi connectivity index (χ0v) is 14.0. The molecule has 0 aliphatic carbocycles. The van der Waals surface area contributed by atoms with Crippen LogP contribution in [0.3, 0.4) is 0 Å². The predicted octanol–water partition coefficient (Wildman–Crippen LogP) is 4.38. The number of hydrogen-bond donors (Lipinski definition) is 1. The Morgan fingerprint density at radius 3 is 2.57 bits per heavy atom. The zero-order chi connectivity index (χ0) is 15.4. The summed E-state index contributed by atoms with van der Waals surface area (Å²) in [6, 6.07) is 8.89. The molecule has 0 aliphatic rings. The van der Waals surface area contributed by atoms with Gasteiger partial charge in [-0.25, -0.2) is 0 Å². The van der Waals surface area contributed by atoms with E-state index in [9.17, 15) is 0 Å². The average molecular weight is 306 g/mol. The summed E-state index contributed by atoms with van der Waals surface area (Å²) in [5.41, 5.74) is 3.68. The Kier molecular flexibility index (Phi) is 5.43. The molecule has 1 aromatic carbocycles. The van der Waals surface area contributed by atoms with Crippen LogP contribution in [-0.2, 0) is 6.42 Å². The lowest BCUT2D eigenvalue weighted by Crippen LogP contribution is -2.26. The van der Waals surface area contributed by atoms with Crippen molar-refractivity contribution >= 4 is 11.6 Å². The van der Waals surface area contributed by atoms with Crippen LogP contribution < -0.4 is 5.32 Å². The number of hydrogen-bond acceptors (Lipinski definition) is 2. The second-order valence-corrected chi connectivity index (χ2v) is 5.87. The largest absolute Gasteiger partial charge is 0.305 e. The Bertz CT molecular complexity index is 589. The second kappa shape index (κ2) is 7.10. The van der Waals surface area contributed by atoms with E-state index in [0.717, 1.165) is 23.7 Å². The van der Waals surface area contributed by atoms with Crippen molar-refractivity contribution in [3.63, 3.8) is 0 Å². The predicted molar refractivity (Wildman–Crippen MR) is 89.0 cm³/mol. The molecule has 0 fully saturated rings. The smallest absolute Gasteiger partial charge is 0.0837 e. The molecular formula is C17H24ClN3. The van der Waals surface area contributed by atoms with Crippen LogP contribution in [0.15, 0.2) is 30.5 Å². The van der Waals surface area contributed by atoms with Gasteiger partial charge in [-0.2, -0.15) is 5.10 Å². The van der Waals surface area contributed by atoms with Gasteiger partial charge in [0.2, 0.25) is 0 Å². The fraction of sp³-hybridized carbons (Fsp3) is 0.471. The Morgan fingerprint density at radius 1 is 1.24 bits per heavy atom. The molecule has 2 rings (SSSR count). The first-order chi connectivity index (χ1) is 10.1. The van der Waals surface area contributed by atoms with Crippen LogP contribution in [0.5, 0.6) is 0 Å². The van der Waals surface area contributed by atoms with Gasteiger partial charge in [-0.3, -0.25) is 4.68 Å².